The Morgan fingerprint density at radius 1 is 1.25 bits per heavy atom. The number of halogens is 2. The molecule has 0 fully saturated rings. The van der Waals surface area contributed by atoms with E-state index < -0.39 is 0 Å². The molecule has 20 heavy (non-hydrogen) atoms. The Bertz CT molecular complexity index is 575. The van der Waals surface area contributed by atoms with Gasteiger partial charge in [-0.25, -0.2) is 4.39 Å². The summed E-state index contributed by atoms with van der Waals surface area (Å²) in [5, 5.41) is 0. The molecule has 3 nitrogen and oxygen atoms in total. The summed E-state index contributed by atoms with van der Waals surface area (Å²) in [5.41, 5.74) is 4.21. The van der Waals surface area contributed by atoms with Crippen LogP contribution in [0, 0.1) is 9.39 Å². The van der Waals surface area contributed by atoms with Crippen molar-refractivity contribution in [3.05, 3.63) is 63.0 Å². The van der Waals surface area contributed by atoms with Crippen LogP contribution in [0.4, 0.5) is 4.39 Å². The van der Waals surface area contributed by atoms with Crippen LogP contribution in [-0.2, 0) is 6.42 Å². The molecule has 0 saturated carbocycles. The number of hydrazine groups is 1. The lowest BCUT2D eigenvalue weighted by Gasteiger charge is -2.20. The van der Waals surface area contributed by atoms with Gasteiger partial charge in [0.2, 0.25) is 0 Å². The molecule has 2 rings (SSSR count). The molecule has 0 aliphatic rings. The van der Waals surface area contributed by atoms with Crippen molar-refractivity contribution in [2.45, 2.75) is 12.5 Å². The summed E-state index contributed by atoms with van der Waals surface area (Å²) in [6, 6.07) is 12.5. The van der Waals surface area contributed by atoms with Gasteiger partial charge in [0, 0.05) is 9.13 Å². The second-order valence-electron chi connectivity index (χ2n) is 4.41. The molecule has 0 aliphatic carbocycles. The topological polar surface area (TPSA) is 47.3 Å². The summed E-state index contributed by atoms with van der Waals surface area (Å²) in [6.45, 7) is 0. The number of nitrogens with two attached hydrogens (primary N) is 1. The van der Waals surface area contributed by atoms with Gasteiger partial charge >= 0.3 is 0 Å². The smallest absolute Gasteiger partial charge is 0.131 e. The number of rotatable bonds is 5. The Morgan fingerprint density at radius 2 is 1.95 bits per heavy atom. The maximum Gasteiger partial charge on any atom is 0.131 e. The zero-order valence-corrected chi connectivity index (χ0v) is 13.2. The van der Waals surface area contributed by atoms with Crippen LogP contribution >= 0.6 is 22.6 Å². The number of benzene rings is 2. The zero-order chi connectivity index (χ0) is 14.5. The van der Waals surface area contributed by atoms with Crippen molar-refractivity contribution in [3.8, 4) is 5.75 Å². The minimum absolute atomic E-state index is 0.321. The molecule has 3 N–H and O–H groups in total. The van der Waals surface area contributed by atoms with Gasteiger partial charge in [-0.3, -0.25) is 11.3 Å². The van der Waals surface area contributed by atoms with Crippen LogP contribution in [0.3, 0.4) is 0 Å². The van der Waals surface area contributed by atoms with E-state index in [1.165, 1.54) is 13.2 Å². The molecule has 0 aliphatic heterocycles. The van der Waals surface area contributed by atoms with Gasteiger partial charge in [-0.05, 0) is 58.8 Å². The minimum atomic E-state index is -0.341. The molecular weight excluding hydrogens is 370 g/mol. The van der Waals surface area contributed by atoms with Crippen molar-refractivity contribution in [2.75, 3.05) is 7.11 Å². The lowest BCUT2D eigenvalue weighted by Crippen LogP contribution is -2.30. The van der Waals surface area contributed by atoms with E-state index in [2.05, 4.69) is 28.0 Å². The SMILES string of the molecule is COc1cccc(F)c1C(Cc1ccc(I)cc1)NN. The maximum absolute atomic E-state index is 14.1. The van der Waals surface area contributed by atoms with E-state index in [1.807, 2.05) is 24.3 Å². The van der Waals surface area contributed by atoms with Crippen LogP contribution in [-0.4, -0.2) is 7.11 Å². The van der Waals surface area contributed by atoms with Crippen LogP contribution in [0.5, 0.6) is 5.75 Å². The van der Waals surface area contributed by atoms with Crippen LogP contribution in [0.2, 0.25) is 0 Å². The van der Waals surface area contributed by atoms with E-state index in [4.69, 9.17) is 10.6 Å². The molecule has 2 aromatic carbocycles. The molecular formula is C15H16FIN2O. The van der Waals surface area contributed by atoms with E-state index in [9.17, 15) is 4.39 Å². The van der Waals surface area contributed by atoms with E-state index in [0.717, 1.165) is 9.13 Å². The first kappa shape index (κ1) is 15.2. The third-order valence-electron chi connectivity index (χ3n) is 3.14. The van der Waals surface area contributed by atoms with Gasteiger partial charge in [0.05, 0.1) is 13.2 Å². The van der Waals surface area contributed by atoms with Crippen molar-refractivity contribution in [1.29, 1.82) is 0 Å². The highest BCUT2D eigenvalue weighted by atomic mass is 127. The molecule has 0 radical (unpaired) electrons. The van der Waals surface area contributed by atoms with Gasteiger partial charge in [0.1, 0.15) is 11.6 Å². The second kappa shape index (κ2) is 7.01. The van der Waals surface area contributed by atoms with E-state index in [0.29, 0.717) is 17.7 Å². The van der Waals surface area contributed by atoms with E-state index in [-0.39, 0.29) is 11.9 Å². The third kappa shape index (κ3) is 3.47. The highest BCUT2D eigenvalue weighted by Gasteiger charge is 2.19. The van der Waals surface area contributed by atoms with Gasteiger partial charge in [0.15, 0.2) is 0 Å². The summed E-state index contributed by atoms with van der Waals surface area (Å²) < 4.78 is 20.5. The van der Waals surface area contributed by atoms with Gasteiger partial charge < -0.3 is 4.74 Å². The number of ether oxygens (including phenoxy) is 1. The third-order valence-corrected chi connectivity index (χ3v) is 3.85. The van der Waals surface area contributed by atoms with Crippen LogP contribution < -0.4 is 16.0 Å². The summed E-state index contributed by atoms with van der Waals surface area (Å²) in [7, 11) is 1.52. The quantitative estimate of drug-likeness (QED) is 0.472. The normalized spacial score (nSPS) is 12.2. The van der Waals surface area contributed by atoms with Crippen molar-refractivity contribution >= 4 is 22.6 Å². The Hall–Kier alpha value is -1.18. The average molecular weight is 386 g/mol. The standard InChI is InChI=1S/C15H16FIN2O/c1-20-14-4-2-3-12(16)15(14)13(19-18)9-10-5-7-11(17)8-6-10/h2-8,13,19H,9,18H2,1H3. The summed E-state index contributed by atoms with van der Waals surface area (Å²) in [6.07, 6.45) is 0.588. The molecule has 5 heteroatoms. The number of hydrogen-bond acceptors (Lipinski definition) is 3. The molecule has 1 atom stereocenters. The van der Waals surface area contributed by atoms with Crippen LogP contribution in [0.1, 0.15) is 17.2 Å². The molecule has 1 unspecified atom stereocenters. The molecule has 0 heterocycles. The van der Waals surface area contributed by atoms with E-state index >= 15 is 0 Å². The number of nitrogens with one attached hydrogen (secondary N) is 1. The summed E-state index contributed by atoms with van der Waals surface area (Å²) in [4.78, 5) is 0. The lowest BCUT2D eigenvalue weighted by molar-refractivity contribution is 0.390. The minimum Gasteiger partial charge on any atom is -0.496 e. The van der Waals surface area contributed by atoms with Crippen molar-refractivity contribution < 1.29 is 9.13 Å². The first-order valence-electron chi connectivity index (χ1n) is 6.18. The fraction of sp³-hybridized carbons (Fsp3) is 0.200. The zero-order valence-electron chi connectivity index (χ0n) is 11.1. The van der Waals surface area contributed by atoms with Crippen LogP contribution in [0.15, 0.2) is 42.5 Å². The second-order valence-corrected chi connectivity index (χ2v) is 5.65. The molecule has 106 valence electrons. The molecule has 0 spiro atoms. The largest absolute Gasteiger partial charge is 0.496 e. The Morgan fingerprint density at radius 3 is 2.55 bits per heavy atom. The molecule has 0 amide bonds. The Labute approximate surface area is 131 Å². The van der Waals surface area contributed by atoms with Crippen molar-refractivity contribution in [2.24, 2.45) is 5.84 Å². The Balaban J connectivity index is 2.31. The maximum atomic E-state index is 14.1. The summed E-state index contributed by atoms with van der Waals surface area (Å²) in [5.74, 6) is 5.78. The van der Waals surface area contributed by atoms with E-state index in [1.54, 1.807) is 12.1 Å². The molecule has 0 bridgehead atoms. The van der Waals surface area contributed by atoms with Gasteiger partial charge in [-0.15, -0.1) is 0 Å². The first-order chi connectivity index (χ1) is 9.65. The predicted octanol–water partition coefficient (Wildman–Crippen LogP) is 3.19. The molecule has 2 aromatic rings. The number of methoxy groups -OCH3 is 1. The molecule has 0 saturated heterocycles. The highest BCUT2D eigenvalue weighted by Crippen LogP contribution is 2.29. The first-order valence-corrected chi connectivity index (χ1v) is 7.26. The highest BCUT2D eigenvalue weighted by molar-refractivity contribution is 14.1. The molecule has 0 aromatic heterocycles. The van der Waals surface area contributed by atoms with Crippen LogP contribution in [0.25, 0.3) is 0 Å². The average Bonchev–Trinajstić information content (AvgIpc) is 2.47. The fourth-order valence-electron chi connectivity index (χ4n) is 2.13. The van der Waals surface area contributed by atoms with Gasteiger partial charge in [-0.1, -0.05) is 18.2 Å². The lowest BCUT2D eigenvalue weighted by atomic mass is 9.98. The van der Waals surface area contributed by atoms with Crippen molar-refractivity contribution in [1.82, 2.24) is 5.43 Å². The monoisotopic (exact) mass is 386 g/mol. The predicted molar refractivity (Wildman–Crippen MR) is 85.9 cm³/mol. The van der Waals surface area contributed by atoms with Gasteiger partial charge in [-0.2, -0.15) is 0 Å². The fourth-order valence-corrected chi connectivity index (χ4v) is 2.49. The van der Waals surface area contributed by atoms with Crippen molar-refractivity contribution in [3.63, 3.8) is 0 Å². The Kier molecular flexibility index (Phi) is 5.33. The van der Waals surface area contributed by atoms with Gasteiger partial charge in [0.25, 0.3) is 0 Å². The number of hydrogen-bond donors (Lipinski definition) is 2. The summed E-state index contributed by atoms with van der Waals surface area (Å²) >= 11 is 2.25.